The maximum Gasteiger partial charge on any atom is 0.209 e. The van der Waals surface area contributed by atoms with Gasteiger partial charge in [0.05, 0.1) is 12.3 Å². The molecule has 0 spiro atoms. The van der Waals surface area contributed by atoms with Gasteiger partial charge in [0.25, 0.3) is 0 Å². The van der Waals surface area contributed by atoms with Crippen LogP contribution in [0.3, 0.4) is 0 Å². The number of nitrogens with zero attached hydrogens (tertiary/aromatic N) is 2. The predicted molar refractivity (Wildman–Crippen MR) is 86.0 cm³/mol. The third kappa shape index (κ3) is 2.56. The first-order valence-electron chi connectivity index (χ1n) is 6.01. The normalized spacial score (nSPS) is 10.7. The molecule has 0 aliphatic rings. The number of aliphatic hydroxyl groups excluding tert-OH is 1. The minimum atomic E-state index is 0.0620. The van der Waals surface area contributed by atoms with Crippen LogP contribution in [0.4, 0.5) is 5.13 Å². The molecule has 2 heterocycles. The summed E-state index contributed by atoms with van der Waals surface area (Å²) in [6.07, 6.45) is 0. The molecule has 2 aromatic heterocycles. The first kappa shape index (κ1) is 13.2. The molecule has 5 heteroatoms. The first-order valence-corrected chi connectivity index (χ1v) is 7.77. The minimum absolute atomic E-state index is 0.0620. The highest BCUT2D eigenvalue weighted by atomic mass is 32.1. The Bertz CT molecular complexity index is 746. The maximum absolute atomic E-state index is 9.20. The molecule has 1 N–H and O–H groups in total. The van der Waals surface area contributed by atoms with Crippen molar-refractivity contribution in [3.63, 3.8) is 0 Å². The lowest BCUT2D eigenvalue weighted by Crippen LogP contribution is -1.82. The fourth-order valence-corrected chi connectivity index (χ4v) is 3.45. The van der Waals surface area contributed by atoms with Crippen molar-refractivity contribution in [2.24, 2.45) is 4.99 Å². The van der Waals surface area contributed by atoms with Gasteiger partial charge in [0.15, 0.2) is 0 Å². The number of aliphatic imine (C=N–C) groups is 1. The summed E-state index contributed by atoms with van der Waals surface area (Å²) in [5.74, 6) is 0. The van der Waals surface area contributed by atoms with Crippen LogP contribution in [-0.2, 0) is 6.61 Å². The van der Waals surface area contributed by atoms with Gasteiger partial charge in [0, 0.05) is 21.2 Å². The van der Waals surface area contributed by atoms with E-state index in [-0.39, 0.29) is 6.61 Å². The highest BCUT2D eigenvalue weighted by molar-refractivity contribution is 7.14. The second kappa shape index (κ2) is 5.66. The fourth-order valence-electron chi connectivity index (χ4n) is 1.91. The van der Waals surface area contributed by atoms with Crippen LogP contribution >= 0.6 is 22.7 Å². The van der Waals surface area contributed by atoms with Gasteiger partial charge in [-0.15, -0.1) is 22.7 Å². The zero-order valence-electron chi connectivity index (χ0n) is 10.6. The lowest BCUT2D eigenvalue weighted by atomic mass is 10.1. The molecule has 0 bridgehead atoms. The van der Waals surface area contributed by atoms with Crippen LogP contribution in [0, 0.1) is 0 Å². The molecule has 100 valence electrons. The van der Waals surface area contributed by atoms with E-state index in [2.05, 4.69) is 28.1 Å². The van der Waals surface area contributed by atoms with Crippen molar-refractivity contribution in [1.29, 1.82) is 0 Å². The molecule has 0 atom stereocenters. The van der Waals surface area contributed by atoms with Gasteiger partial charge < -0.3 is 5.11 Å². The summed E-state index contributed by atoms with van der Waals surface area (Å²) in [6, 6.07) is 10.0. The van der Waals surface area contributed by atoms with Crippen LogP contribution in [0.15, 0.2) is 46.1 Å². The van der Waals surface area contributed by atoms with Crippen LogP contribution in [0.25, 0.3) is 21.7 Å². The minimum Gasteiger partial charge on any atom is -0.392 e. The second-order valence-electron chi connectivity index (χ2n) is 4.23. The van der Waals surface area contributed by atoms with Gasteiger partial charge in [-0.3, -0.25) is 0 Å². The zero-order chi connectivity index (χ0) is 13.9. The summed E-state index contributed by atoms with van der Waals surface area (Å²) in [6.45, 7) is 3.55. The number of hydrogen-bond donors (Lipinski definition) is 1. The predicted octanol–water partition coefficient (Wildman–Crippen LogP) is 4.36. The molecule has 0 unspecified atom stereocenters. The number of benzene rings is 1. The van der Waals surface area contributed by atoms with Crippen molar-refractivity contribution in [3.05, 3.63) is 46.7 Å². The maximum atomic E-state index is 9.20. The van der Waals surface area contributed by atoms with E-state index in [0.717, 1.165) is 27.3 Å². The molecular formula is C15H12N2OS2. The summed E-state index contributed by atoms with van der Waals surface area (Å²) in [4.78, 5) is 9.40. The van der Waals surface area contributed by atoms with E-state index in [0.29, 0.717) is 5.13 Å². The summed E-state index contributed by atoms with van der Waals surface area (Å²) in [5, 5.41) is 14.0. The molecule has 0 aliphatic heterocycles. The van der Waals surface area contributed by atoms with Gasteiger partial charge in [0.2, 0.25) is 5.13 Å². The van der Waals surface area contributed by atoms with Crippen LogP contribution in [-0.4, -0.2) is 16.8 Å². The average molecular weight is 300 g/mol. The van der Waals surface area contributed by atoms with Crippen molar-refractivity contribution >= 4 is 34.5 Å². The van der Waals surface area contributed by atoms with Crippen LogP contribution in [0.2, 0.25) is 0 Å². The van der Waals surface area contributed by atoms with E-state index in [1.165, 1.54) is 11.3 Å². The van der Waals surface area contributed by atoms with Crippen LogP contribution < -0.4 is 0 Å². The van der Waals surface area contributed by atoms with Gasteiger partial charge in [-0.1, -0.05) is 18.2 Å². The topological polar surface area (TPSA) is 45.5 Å². The smallest absolute Gasteiger partial charge is 0.209 e. The lowest BCUT2D eigenvalue weighted by Gasteiger charge is -2.00. The molecule has 1 aromatic carbocycles. The number of hydrogen-bond acceptors (Lipinski definition) is 5. The summed E-state index contributed by atoms with van der Waals surface area (Å²) >= 11 is 3.16. The Labute approximate surface area is 124 Å². The number of thiophene rings is 1. The highest BCUT2D eigenvalue weighted by Crippen LogP contribution is 2.34. The molecule has 0 saturated heterocycles. The number of aromatic nitrogens is 1. The standard InChI is InChI=1S/C15H12N2OS2/c1-16-15-17-13(9-20-15)12-6-14(19-8-12)11-4-2-3-10(5-11)7-18/h2-6,8-9,18H,1,7H2. The van der Waals surface area contributed by atoms with Gasteiger partial charge in [-0.05, 0) is 30.0 Å². The lowest BCUT2D eigenvalue weighted by molar-refractivity contribution is 0.282. The van der Waals surface area contributed by atoms with Gasteiger partial charge in [-0.2, -0.15) is 0 Å². The van der Waals surface area contributed by atoms with Gasteiger partial charge in [-0.25, -0.2) is 9.98 Å². The number of rotatable bonds is 4. The fraction of sp³-hybridized carbons (Fsp3) is 0.0667. The zero-order valence-corrected chi connectivity index (χ0v) is 12.2. The van der Waals surface area contributed by atoms with Crippen molar-refractivity contribution in [2.75, 3.05) is 0 Å². The third-order valence-electron chi connectivity index (χ3n) is 2.92. The molecule has 0 amide bonds. The number of aliphatic hydroxyl groups is 1. The Hall–Kier alpha value is -1.82. The van der Waals surface area contributed by atoms with Crippen molar-refractivity contribution in [2.45, 2.75) is 6.61 Å². The van der Waals surface area contributed by atoms with E-state index in [1.54, 1.807) is 11.3 Å². The van der Waals surface area contributed by atoms with E-state index >= 15 is 0 Å². The van der Waals surface area contributed by atoms with E-state index in [4.69, 9.17) is 0 Å². The van der Waals surface area contributed by atoms with Crippen molar-refractivity contribution in [1.82, 2.24) is 4.98 Å². The van der Waals surface area contributed by atoms with Gasteiger partial charge >= 0.3 is 0 Å². The summed E-state index contributed by atoms with van der Waals surface area (Å²) in [7, 11) is 0. The monoisotopic (exact) mass is 300 g/mol. The Balaban J connectivity index is 1.94. The van der Waals surface area contributed by atoms with Crippen molar-refractivity contribution < 1.29 is 5.11 Å². The van der Waals surface area contributed by atoms with Crippen molar-refractivity contribution in [3.8, 4) is 21.7 Å². The molecule has 0 aliphatic carbocycles. The highest BCUT2D eigenvalue weighted by Gasteiger charge is 2.08. The van der Waals surface area contributed by atoms with Crippen LogP contribution in [0.1, 0.15) is 5.56 Å². The molecule has 3 nitrogen and oxygen atoms in total. The van der Waals surface area contributed by atoms with E-state index in [9.17, 15) is 5.11 Å². The Morgan fingerprint density at radius 2 is 2.05 bits per heavy atom. The molecule has 0 saturated carbocycles. The van der Waals surface area contributed by atoms with E-state index in [1.807, 2.05) is 29.6 Å². The molecule has 3 aromatic rings. The largest absolute Gasteiger partial charge is 0.392 e. The SMILES string of the molecule is C=Nc1nc(-c2csc(-c3cccc(CO)c3)c2)cs1. The third-order valence-corrected chi connectivity index (χ3v) is 4.67. The van der Waals surface area contributed by atoms with Gasteiger partial charge in [0.1, 0.15) is 0 Å². The quantitative estimate of drug-likeness (QED) is 0.727. The Morgan fingerprint density at radius 3 is 2.80 bits per heavy atom. The summed E-state index contributed by atoms with van der Waals surface area (Å²) in [5.41, 5.74) is 4.05. The second-order valence-corrected chi connectivity index (χ2v) is 5.98. The van der Waals surface area contributed by atoms with E-state index < -0.39 is 0 Å². The first-order chi connectivity index (χ1) is 9.80. The molecular weight excluding hydrogens is 288 g/mol. The Morgan fingerprint density at radius 1 is 1.15 bits per heavy atom. The number of thiazole rings is 1. The molecule has 20 heavy (non-hydrogen) atoms. The Kier molecular flexibility index (Phi) is 3.73. The van der Waals surface area contributed by atoms with Crippen LogP contribution in [0.5, 0.6) is 0 Å². The molecule has 0 radical (unpaired) electrons. The average Bonchev–Trinajstić information content (AvgIpc) is 3.15. The molecule has 0 fully saturated rings. The summed E-state index contributed by atoms with van der Waals surface area (Å²) < 4.78 is 0. The molecule has 3 rings (SSSR count).